The van der Waals surface area contributed by atoms with Crippen LogP contribution in [0.5, 0.6) is 0 Å². The third kappa shape index (κ3) is 3.38. The lowest BCUT2D eigenvalue weighted by atomic mass is 10.0. The summed E-state index contributed by atoms with van der Waals surface area (Å²) < 4.78 is 4.52. The Labute approximate surface area is 101 Å². The third-order valence-electron chi connectivity index (χ3n) is 2.31. The predicted molar refractivity (Wildman–Crippen MR) is 70.2 cm³/mol. The van der Waals surface area contributed by atoms with Gasteiger partial charge in [-0.05, 0) is 35.8 Å². The maximum Gasteiger partial charge on any atom is 0.330 e. The van der Waals surface area contributed by atoms with Crippen molar-refractivity contribution in [2.24, 2.45) is 0 Å². The number of ether oxygens (including phenoxy) is 1. The molecule has 0 saturated carbocycles. The molecule has 4 nitrogen and oxygen atoms in total. The Morgan fingerprint density at radius 2 is 2.06 bits per heavy atom. The second kappa shape index (κ2) is 5.75. The smallest absolute Gasteiger partial charge is 0.330 e. The van der Waals surface area contributed by atoms with E-state index in [4.69, 9.17) is 11.5 Å². The molecule has 0 unspecified atom stereocenters. The fourth-order valence-corrected chi connectivity index (χ4v) is 1.41. The van der Waals surface area contributed by atoms with Gasteiger partial charge >= 0.3 is 5.97 Å². The van der Waals surface area contributed by atoms with Gasteiger partial charge in [-0.3, -0.25) is 0 Å². The normalized spacial score (nSPS) is 10.4. The number of methoxy groups -OCH3 is 1. The molecule has 4 heteroatoms. The number of benzene rings is 1. The molecule has 0 radical (unpaired) electrons. The van der Waals surface area contributed by atoms with Crippen molar-refractivity contribution in [2.45, 2.75) is 6.42 Å². The van der Waals surface area contributed by atoms with Crippen molar-refractivity contribution in [2.75, 3.05) is 18.6 Å². The monoisotopic (exact) mass is 232 g/mol. The minimum Gasteiger partial charge on any atom is -0.466 e. The Kier molecular flexibility index (Phi) is 4.34. The Hall–Kier alpha value is -2.23. The van der Waals surface area contributed by atoms with Crippen molar-refractivity contribution in [3.8, 4) is 0 Å². The lowest BCUT2D eigenvalue weighted by Gasteiger charge is -2.08. The highest BCUT2D eigenvalue weighted by molar-refractivity contribution is 5.88. The van der Waals surface area contributed by atoms with E-state index < -0.39 is 5.97 Å². The van der Waals surface area contributed by atoms with Crippen LogP contribution in [0.3, 0.4) is 0 Å². The van der Waals surface area contributed by atoms with E-state index in [1.165, 1.54) is 13.2 Å². The first kappa shape index (κ1) is 12.8. The average Bonchev–Trinajstić information content (AvgIpc) is 2.31. The van der Waals surface area contributed by atoms with Gasteiger partial charge in [-0.1, -0.05) is 6.08 Å². The number of nitrogen functional groups attached to an aromatic ring is 2. The molecular formula is C13H16N2O2. The maximum absolute atomic E-state index is 11.0. The van der Waals surface area contributed by atoms with Crippen LogP contribution >= 0.6 is 0 Å². The Bertz CT molecular complexity index is 465. The SMILES string of the molecule is C=CCc1cc(N)c(N)cc1C=CC(=O)OC. The molecular weight excluding hydrogens is 216 g/mol. The van der Waals surface area contributed by atoms with Crippen LogP contribution in [0.15, 0.2) is 30.9 Å². The maximum atomic E-state index is 11.0. The highest BCUT2D eigenvalue weighted by Crippen LogP contribution is 2.23. The largest absolute Gasteiger partial charge is 0.466 e. The molecule has 0 heterocycles. The number of rotatable bonds is 4. The summed E-state index contributed by atoms with van der Waals surface area (Å²) in [7, 11) is 1.33. The highest BCUT2D eigenvalue weighted by atomic mass is 16.5. The summed E-state index contributed by atoms with van der Waals surface area (Å²) in [5.74, 6) is -0.412. The molecule has 0 aliphatic rings. The van der Waals surface area contributed by atoms with Crippen molar-refractivity contribution in [1.82, 2.24) is 0 Å². The molecule has 0 bridgehead atoms. The fourth-order valence-electron chi connectivity index (χ4n) is 1.41. The molecule has 90 valence electrons. The van der Waals surface area contributed by atoms with Crippen molar-refractivity contribution in [3.63, 3.8) is 0 Å². The van der Waals surface area contributed by atoms with E-state index in [2.05, 4.69) is 11.3 Å². The number of carbonyl (C=O) groups excluding carboxylic acids is 1. The summed E-state index contributed by atoms with van der Waals surface area (Å²) in [6.07, 6.45) is 5.42. The molecule has 17 heavy (non-hydrogen) atoms. The van der Waals surface area contributed by atoms with E-state index in [1.54, 1.807) is 24.3 Å². The number of carbonyl (C=O) groups is 1. The third-order valence-corrected chi connectivity index (χ3v) is 2.31. The van der Waals surface area contributed by atoms with Gasteiger partial charge in [-0.2, -0.15) is 0 Å². The lowest BCUT2D eigenvalue weighted by molar-refractivity contribution is -0.134. The van der Waals surface area contributed by atoms with Crippen LogP contribution in [-0.2, 0) is 16.0 Å². The second-order valence-electron chi connectivity index (χ2n) is 3.53. The molecule has 1 rings (SSSR count). The van der Waals surface area contributed by atoms with Gasteiger partial charge in [-0.15, -0.1) is 6.58 Å². The standard InChI is InChI=1S/C13H16N2O2/c1-3-4-9-7-11(14)12(15)8-10(9)5-6-13(16)17-2/h3,5-8H,1,4,14-15H2,2H3. The molecule has 4 N–H and O–H groups in total. The van der Waals surface area contributed by atoms with E-state index in [0.29, 0.717) is 17.8 Å². The number of esters is 1. The number of allylic oxidation sites excluding steroid dienone is 1. The molecule has 0 aromatic heterocycles. The van der Waals surface area contributed by atoms with Gasteiger partial charge in [0.25, 0.3) is 0 Å². The lowest BCUT2D eigenvalue weighted by Crippen LogP contribution is -1.99. The van der Waals surface area contributed by atoms with Gasteiger partial charge in [0.05, 0.1) is 18.5 Å². The molecule has 0 aliphatic carbocycles. The Balaban J connectivity index is 3.11. The van der Waals surface area contributed by atoms with E-state index in [1.807, 2.05) is 0 Å². The minimum atomic E-state index is -0.412. The van der Waals surface area contributed by atoms with Crippen LogP contribution in [0.4, 0.5) is 11.4 Å². The summed E-state index contributed by atoms with van der Waals surface area (Å²) in [5, 5.41) is 0. The van der Waals surface area contributed by atoms with Gasteiger partial charge in [0.15, 0.2) is 0 Å². The van der Waals surface area contributed by atoms with Gasteiger partial charge in [0, 0.05) is 6.08 Å². The summed E-state index contributed by atoms with van der Waals surface area (Å²) in [6, 6.07) is 3.52. The van der Waals surface area contributed by atoms with E-state index in [9.17, 15) is 4.79 Å². The van der Waals surface area contributed by atoms with Crippen molar-refractivity contribution < 1.29 is 9.53 Å². The van der Waals surface area contributed by atoms with E-state index in [-0.39, 0.29) is 0 Å². The molecule has 1 aromatic carbocycles. The van der Waals surface area contributed by atoms with Crippen molar-refractivity contribution in [1.29, 1.82) is 0 Å². The molecule has 0 amide bonds. The molecule has 0 spiro atoms. The van der Waals surface area contributed by atoms with Gasteiger partial charge in [-0.25, -0.2) is 4.79 Å². The zero-order valence-electron chi connectivity index (χ0n) is 9.77. The summed E-state index contributed by atoms with van der Waals surface area (Å²) in [5.41, 5.74) is 14.3. The highest BCUT2D eigenvalue weighted by Gasteiger charge is 2.03. The van der Waals surface area contributed by atoms with Crippen LogP contribution in [0.1, 0.15) is 11.1 Å². The fraction of sp³-hybridized carbons (Fsp3) is 0.154. The topological polar surface area (TPSA) is 78.3 Å². The first-order valence-electron chi connectivity index (χ1n) is 5.13. The number of hydrogen-bond acceptors (Lipinski definition) is 4. The van der Waals surface area contributed by atoms with Crippen LogP contribution in [-0.4, -0.2) is 13.1 Å². The van der Waals surface area contributed by atoms with Gasteiger partial charge in [0.2, 0.25) is 0 Å². The number of hydrogen-bond donors (Lipinski definition) is 2. The molecule has 0 atom stereocenters. The zero-order chi connectivity index (χ0) is 12.8. The van der Waals surface area contributed by atoms with Crippen molar-refractivity contribution >= 4 is 23.4 Å². The Morgan fingerprint density at radius 3 is 2.65 bits per heavy atom. The number of anilines is 2. The van der Waals surface area contributed by atoms with Crippen LogP contribution in [0, 0.1) is 0 Å². The summed E-state index contributed by atoms with van der Waals surface area (Å²) in [6.45, 7) is 3.67. The number of nitrogens with two attached hydrogens (primary N) is 2. The first-order chi connectivity index (χ1) is 8.08. The van der Waals surface area contributed by atoms with Crippen LogP contribution in [0.25, 0.3) is 6.08 Å². The van der Waals surface area contributed by atoms with E-state index >= 15 is 0 Å². The van der Waals surface area contributed by atoms with Crippen LogP contribution in [0.2, 0.25) is 0 Å². The zero-order valence-corrected chi connectivity index (χ0v) is 9.77. The van der Waals surface area contributed by atoms with Crippen molar-refractivity contribution in [3.05, 3.63) is 42.0 Å². The summed E-state index contributed by atoms with van der Waals surface area (Å²) >= 11 is 0. The molecule has 0 aliphatic heterocycles. The first-order valence-corrected chi connectivity index (χ1v) is 5.13. The molecule has 0 saturated heterocycles. The molecule has 1 aromatic rings. The van der Waals surface area contributed by atoms with Gasteiger partial charge in [0.1, 0.15) is 0 Å². The predicted octanol–water partition coefficient (Wildman–Crippen LogP) is 1.77. The Morgan fingerprint density at radius 1 is 1.41 bits per heavy atom. The minimum absolute atomic E-state index is 0.412. The molecule has 0 fully saturated rings. The quantitative estimate of drug-likeness (QED) is 0.359. The summed E-state index contributed by atoms with van der Waals surface area (Å²) in [4.78, 5) is 11.0. The average molecular weight is 232 g/mol. The van der Waals surface area contributed by atoms with E-state index in [0.717, 1.165) is 11.1 Å². The van der Waals surface area contributed by atoms with Gasteiger partial charge < -0.3 is 16.2 Å². The second-order valence-corrected chi connectivity index (χ2v) is 3.53. The van der Waals surface area contributed by atoms with Crippen LogP contribution < -0.4 is 11.5 Å².